The molecule has 1 rings (SSSR count). The van der Waals surface area contributed by atoms with Crippen LogP contribution >= 0.6 is 0 Å². The van der Waals surface area contributed by atoms with E-state index in [0.717, 1.165) is 44.5 Å². The molecule has 0 aliphatic heterocycles. The summed E-state index contributed by atoms with van der Waals surface area (Å²) in [4.78, 5) is 15.1. The van der Waals surface area contributed by atoms with Crippen molar-refractivity contribution >= 4 is 5.91 Å². The zero-order valence-electron chi connectivity index (χ0n) is 20.5. The molecule has 3 nitrogen and oxygen atoms in total. The van der Waals surface area contributed by atoms with Crippen LogP contribution in [0.25, 0.3) is 0 Å². The first-order valence-electron chi connectivity index (χ1n) is 11.7. The molecule has 1 aromatic carbocycles. The van der Waals surface area contributed by atoms with Crippen molar-refractivity contribution in [2.75, 3.05) is 13.1 Å². The quantitative estimate of drug-likeness (QED) is 0.381. The molecule has 0 radical (unpaired) electrons. The maximum Gasteiger partial charge on any atom is 0.263 e. The van der Waals surface area contributed by atoms with Crippen LogP contribution in [0.1, 0.15) is 106 Å². The highest BCUT2D eigenvalue weighted by Crippen LogP contribution is 2.39. The Kier molecular flexibility index (Phi) is 9.71. The van der Waals surface area contributed by atoms with Crippen LogP contribution in [0.4, 0.5) is 0 Å². The van der Waals surface area contributed by atoms with E-state index in [1.54, 1.807) is 0 Å². The van der Waals surface area contributed by atoms with Crippen LogP contribution in [0.15, 0.2) is 18.2 Å². The molecule has 0 spiro atoms. The first-order chi connectivity index (χ1) is 13.6. The summed E-state index contributed by atoms with van der Waals surface area (Å²) in [6, 6.07) is 6.59. The molecular formula is C26H45NO2. The van der Waals surface area contributed by atoms with E-state index in [9.17, 15) is 4.79 Å². The minimum absolute atomic E-state index is 0.0109. The lowest BCUT2D eigenvalue weighted by Gasteiger charge is -2.32. The normalized spacial score (nSPS) is 13.3. The van der Waals surface area contributed by atoms with E-state index in [2.05, 4.69) is 73.6 Å². The van der Waals surface area contributed by atoms with Gasteiger partial charge in [0.25, 0.3) is 5.91 Å². The van der Waals surface area contributed by atoms with E-state index in [1.807, 2.05) is 11.8 Å². The van der Waals surface area contributed by atoms with Crippen molar-refractivity contribution in [2.24, 2.45) is 0 Å². The fourth-order valence-electron chi connectivity index (χ4n) is 3.51. The molecule has 0 saturated heterocycles. The summed E-state index contributed by atoms with van der Waals surface area (Å²) in [5, 5.41) is 0. The Morgan fingerprint density at radius 2 is 1.48 bits per heavy atom. The average molecular weight is 404 g/mol. The highest BCUT2D eigenvalue weighted by atomic mass is 16.5. The van der Waals surface area contributed by atoms with Crippen molar-refractivity contribution in [3.8, 4) is 5.75 Å². The summed E-state index contributed by atoms with van der Waals surface area (Å²) in [6.45, 7) is 21.4. The second-order valence-electron chi connectivity index (χ2n) is 9.53. The molecule has 0 aromatic heterocycles. The third kappa shape index (κ3) is 6.49. The molecule has 1 aromatic rings. The van der Waals surface area contributed by atoms with Gasteiger partial charge in [0, 0.05) is 18.7 Å². The number of hydrogen-bond donors (Lipinski definition) is 0. The van der Waals surface area contributed by atoms with E-state index in [1.165, 1.54) is 11.1 Å². The van der Waals surface area contributed by atoms with Gasteiger partial charge >= 0.3 is 0 Å². The predicted molar refractivity (Wildman–Crippen MR) is 125 cm³/mol. The lowest BCUT2D eigenvalue weighted by Crippen LogP contribution is -2.42. The number of carbonyl (C=O) groups excluding carboxylic acids is 1. The van der Waals surface area contributed by atoms with Crippen molar-refractivity contribution < 1.29 is 9.53 Å². The van der Waals surface area contributed by atoms with Crippen LogP contribution in [-0.4, -0.2) is 30.0 Å². The van der Waals surface area contributed by atoms with Crippen LogP contribution in [-0.2, 0) is 15.6 Å². The third-order valence-electron chi connectivity index (χ3n) is 6.47. The Morgan fingerprint density at radius 1 is 0.931 bits per heavy atom. The molecular weight excluding hydrogens is 358 g/mol. The van der Waals surface area contributed by atoms with Gasteiger partial charge in [-0.3, -0.25) is 4.79 Å². The van der Waals surface area contributed by atoms with Crippen LogP contribution in [0.3, 0.4) is 0 Å². The van der Waals surface area contributed by atoms with Crippen molar-refractivity contribution in [2.45, 2.75) is 111 Å². The number of nitrogens with zero attached hydrogens (tertiary/aromatic N) is 1. The molecule has 0 fully saturated rings. The van der Waals surface area contributed by atoms with E-state index < -0.39 is 6.10 Å². The van der Waals surface area contributed by atoms with Crippen LogP contribution in [0.2, 0.25) is 0 Å². The summed E-state index contributed by atoms with van der Waals surface area (Å²) in [5.41, 5.74) is 2.66. The van der Waals surface area contributed by atoms with Gasteiger partial charge in [0.1, 0.15) is 5.75 Å². The van der Waals surface area contributed by atoms with Crippen molar-refractivity contribution in [3.63, 3.8) is 0 Å². The zero-order valence-corrected chi connectivity index (χ0v) is 20.5. The van der Waals surface area contributed by atoms with Gasteiger partial charge in [0.15, 0.2) is 6.10 Å². The third-order valence-corrected chi connectivity index (χ3v) is 6.47. The Bertz CT molecular complexity index is 642. The van der Waals surface area contributed by atoms with Crippen molar-refractivity contribution in [3.05, 3.63) is 29.3 Å². The SMILES string of the molecule is CCCN(CCC)C(=O)C(CC)Oc1ccc(C(C)(C)CC)cc1C(C)(C)CC. The molecule has 1 amide bonds. The monoisotopic (exact) mass is 403 g/mol. The highest BCUT2D eigenvalue weighted by molar-refractivity contribution is 5.81. The minimum Gasteiger partial charge on any atom is -0.480 e. The fourth-order valence-corrected chi connectivity index (χ4v) is 3.51. The number of ether oxygens (including phenoxy) is 1. The largest absolute Gasteiger partial charge is 0.480 e. The van der Waals surface area contributed by atoms with Crippen LogP contribution in [0, 0.1) is 0 Å². The van der Waals surface area contributed by atoms with Crippen molar-refractivity contribution in [1.29, 1.82) is 0 Å². The molecule has 1 unspecified atom stereocenters. The Hall–Kier alpha value is -1.51. The van der Waals surface area contributed by atoms with Gasteiger partial charge in [-0.2, -0.15) is 0 Å². The molecule has 0 saturated carbocycles. The van der Waals surface area contributed by atoms with Gasteiger partial charge in [-0.1, -0.05) is 74.4 Å². The van der Waals surface area contributed by atoms with Gasteiger partial charge in [0.2, 0.25) is 0 Å². The van der Waals surface area contributed by atoms with Gasteiger partial charge in [0.05, 0.1) is 0 Å². The summed E-state index contributed by atoms with van der Waals surface area (Å²) in [5.74, 6) is 0.982. The topological polar surface area (TPSA) is 29.5 Å². The van der Waals surface area contributed by atoms with Gasteiger partial charge in [-0.15, -0.1) is 0 Å². The van der Waals surface area contributed by atoms with E-state index in [0.29, 0.717) is 6.42 Å². The predicted octanol–water partition coefficient (Wildman–Crippen LogP) is 6.87. The fraction of sp³-hybridized carbons (Fsp3) is 0.731. The Labute approximate surface area is 180 Å². The molecule has 166 valence electrons. The van der Waals surface area contributed by atoms with E-state index in [4.69, 9.17) is 4.74 Å². The number of amides is 1. The summed E-state index contributed by atoms with van der Waals surface area (Å²) >= 11 is 0. The average Bonchev–Trinajstić information content (AvgIpc) is 2.71. The van der Waals surface area contributed by atoms with Crippen molar-refractivity contribution in [1.82, 2.24) is 4.90 Å². The lowest BCUT2D eigenvalue weighted by atomic mass is 9.76. The van der Waals surface area contributed by atoms with E-state index >= 15 is 0 Å². The first kappa shape index (κ1) is 25.5. The standard InChI is InChI=1S/C26H45NO2/c1-10-17-27(18-11-2)24(28)22(12-3)29-23-16-15-20(25(6,7)13-4)19-21(23)26(8,9)14-5/h15-16,19,22H,10-14,17-18H2,1-9H3. The molecule has 1 atom stereocenters. The Balaban J connectivity index is 3.32. The Morgan fingerprint density at radius 3 is 1.93 bits per heavy atom. The van der Waals surface area contributed by atoms with Crippen LogP contribution in [0.5, 0.6) is 5.75 Å². The molecule has 3 heteroatoms. The second-order valence-corrected chi connectivity index (χ2v) is 9.53. The molecule has 0 N–H and O–H groups in total. The summed E-state index contributed by atoms with van der Waals surface area (Å²) in [7, 11) is 0. The number of rotatable bonds is 12. The molecule has 0 aliphatic carbocycles. The maximum absolute atomic E-state index is 13.2. The van der Waals surface area contributed by atoms with Gasteiger partial charge in [-0.05, 0) is 54.6 Å². The molecule has 0 heterocycles. The number of benzene rings is 1. The molecule has 29 heavy (non-hydrogen) atoms. The number of hydrogen-bond acceptors (Lipinski definition) is 2. The lowest BCUT2D eigenvalue weighted by molar-refractivity contribution is -0.139. The highest BCUT2D eigenvalue weighted by Gasteiger charge is 2.30. The zero-order chi connectivity index (χ0) is 22.2. The maximum atomic E-state index is 13.2. The molecule has 0 aliphatic rings. The summed E-state index contributed by atoms with van der Waals surface area (Å²) < 4.78 is 6.43. The van der Waals surface area contributed by atoms with Gasteiger partial charge < -0.3 is 9.64 Å². The first-order valence-corrected chi connectivity index (χ1v) is 11.7. The summed E-state index contributed by atoms with van der Waals surface area (Å²) in [6.07, 6.45) is 4.29. The molecule has 0 bridgehead atoms. The van der Waals surface area contributed by atoms with Crippen LogP contribution < -0.4 is 4.74 Å². The van der Waals surface area contributed by atoms with Gasteiger partial charge in [-0.25, -0.2) is 0 Å². The van der Waals surface area contributed by atoms with E-state index in [-0.39, 0.29) is 16.7 Å². The minimum atomic E-state index is -0.426. The second kappa shape index (κ2) is 11.0. The number of carbonyl (C=O) groups is 1. The smallest absolute Gasteiger partial charge is 0.263 e.